The summed E-state index contributed by atoms with van der Waals surface area (Å²) in [5, 5.41) is 13.8. The Bertz CT molecular complexity index is 506. The fraction of sp³-hybridized carbons (Fsp3) is 0.529. The van der Waals surface area contributed by atoms with Gasteiger partial charge in [-0.3, -0.25) is 4.90 Å². The molecule has 1 saturated heterocycles. The van der Waals surface area contributed by atoms with Crippen LogP contribution in [0.25, 0.3) is 5.57 Å². The largest absolute Gasteiger partial charge is 0.387 e. The smallest absolute Gasteiger partial charge is 0.123 e. The average Bonchev–Trinajstić information content (AvgIpc) is 2.49. The molecule has 2 aliphatic heterocycles. The van der Waals surface area contributed by atoms with Crippen LogP contribution in [0.2, 0.25) is 0 Å². The molecule has 1 unspecified atom stereocenters. The summed E-state index contributed by atoms with van der Waals surface area (Å²) in [7, 11) is 0. The van der Waals surface area contributed by atoms with E-state index in [1.807, 2.05) is 12.1 Å². The molecule has 114 valence electrons. The molecule has 0 radical (unpaired) electrons. The summed E-state index contributed by atoms with van der Waals surface area (Å²) in [5.41, 5.74) is 1.80. The highest BCUT2D eigenvalue weighted by molar-refractivity contribution is 5.66. The van der Waals surface area contributed by atoms with Crippen molar-refractivity contribution in [3.8, 4) is 0 Å². The molecule has 1 aromatic rings. The Morgan fingerprint density at radius 1 is 1.29 bits per heavy atom. The maximum Gasteiger partial charge on any atom is 0.123 e. The highest BCUT2D eigenvalue weighted by atomic mass is 19.1. The molecule has 1 aromatic carbocycles. The van der Waals surface area contributed by atoms with Crippen LogP contribution >= 0.6 is 0 Å². The van der Waals surface area contributed by atoms with Gasteiger partial charge in [-0.15, -0.1) is 0 Å². The van der Waals surface area contributed by atoms with E-state index >= 15 is 0 Å². The molecule has 2 aliphatic rings. The average molecular weight is 290 g/mol. The standard InChI is InChI=1S/C17H23FN2O/c18-16-4-2-14(3-5-16)15-6-10-20(11-7-15)13-17(21)8-1-9-19-12-17/h2-6,19,21H,1,7-13H2. The number of hydrogen-bond acceptors (Lipinski definition) is 3. The van der Waals surface area contributed by atoms with Crippen LogP contribution in [0, 0.1) is 5.82 Å². The fourth-order valence-corrected chi connectivity index (χ4v) is 3.28. The van der Waals surface area contributed by atoms with Gasteiger partial charge in [0.25, 0.3) is 0 Å². The highest BCUT2D eigenvalue weighted by Crippen LogP contribution is 2.25. The Morgan fingerprint density at radius 2 is 2.10 bits per heavy atom. The number of hydrogen-bond donors (Lipinski definition) is 2. The quantitative estimate of drug-likeness (QED) is 0.894. The van der Waals surface area contributed by atoms with E-state index in [1.165, 1.54) is 17.7 Å². The summed E-state index contributed by atoms with van der Waals surface area (Å²) in [6, 6.07) is 6.71. The van der Waals surface area contributed by atoms with E-state index in [2.05, 4.69) is 16.3 Å². The van der Waals surface area contributed by atoms with Gasteiger partial charge >= 0.3 is 0 Å². The summed E-state index contributed by atoms with van der Waals surface area (Å²) in [5.74, 6) is -0.191. The Kier molecular flexibility index (Phi) is 4.38. The number of β-amino-alcohol motifs (C(OH)–C–C–N with tert-alkyl or cyclic N) is 1. The van der Waals surface area contributed by atoms with E-state index in [-0.39, 0.29) is 5.82 Å². The Balaban J connectivity index is 1.59. The predicted molar refractivity (Wildman–Crippen MR) is 82.5 cm³/mol. The first-order valence-electron chi connectivity index (χ1n) is 7.75. The van der Waals surface area contributed by atoms with Gasteiger partial charge in [0, 0.05) is 26.2 Å². The lowest BCUT2D eigenvalue weighted by molar-refractivity contribution is -0.0130. The van der Waals surface area contributed by atoms with E-state index in [9.17, 15) is 9.50 Å². The van der Waals surface area contributed by atoms with Crippen LogP contribution in [0.5, 0.6) is 0 Å². The Morgan fingerprint density at radius 3 is 2.71 bits per heavy atom. The molecule has 3 nitrogen and oxygen atoms in total. The van der Waals surface area contributed by atoms with E-state index in [0.717, 1.165) is 51.0 Å². The van der Waals surface area contributed by atoms with Crippen LogP contribution in [0.15, 0.2) is 30.3 Å². The van der Waals surface area contributed by atoms with Gasteiger partial charge in [0.15, 0.2) is 0 Å². The third-order valence-electron chi connectivity index (χ3n) is 4.48. The van der Waals surface area contributed by atoms with Crippen LogP contribution in [-0.4, -0.2) is 48.3 Å². The molecule has 0 amide bonds. The first kappa shape index (κ1) is 14.7. The van der Waals surface area contributed by atoms with Crippen LogP contribution in [0.4, 0.5) is 4.39 Å². The van der Waals surface area contributed by atoms with Crippen LogP contribution in [0.3, 0.4) is 0 Å². The van der Waals surface area contributed by atoms with Crippen molar-refractivity contribution in [2.24, 2.45) is 0 Å². The van der Waals surface area contributed by atoms with Gasteiger partial charge in [0.1, 0.15) is 5.82 Å². The van der Waals surface area contributed by atoms with Crippen molar-refractivity contribution in [3.63, 3.8) is 0 Å². The number of benzene rings is 1. The molecule has 0 spiro atoms. The van der Waals surface area contributed by atoms with Gasteiger partial charge in [-0.1, -0.05) is 18.2 Å². The molecule has 2 N–H and O–H groups in total. The normalized spacial score (nSPS) is 27.4. The number of piperidine rings is 1. The molecule has 0 bridgehead atoms. The number of halogens is 1. The summed E-state index contributed by atoms with van der Waals surface area (Å²) in [4.78, 5) is 2.31. The van der Waals surface area contributed by atoms with Gasteiger partial charge in [-0.05, 0) is 49.1 Å². The number of aliphatic hydroxyl groups is 1. The molecule has 4 heteroatoms. The zero-order valence-electron chi connectivity index (χ0n) is 12.3. The Labute approximate surface area is 125 Å². The van der Waals surface area contributed by atoms with Crippen molar-refractivity contribution in [3.05, 3.63) is 41.7 Å². The lowest BCUT2D eigenvalue weighted by Gasteiger charge is -2.38. The summed E-state index contributed by atoms with van der Waals surface area (Å²) in [6.45, 7) is 4.24. The number of rotatable bonds is 3. The summed E-state index contributed by atoms with van der Waals surface area (Å²) in [6.07, 6.45) is 5.08. The molecule has 0 saturated carbocycles. The monoisotopic (exact) mass is 290 g/mol. The number of nitrogens with one attached hydrogen (secondary N) is 1. The van der Waals surface area contributed by atoms with Crippen molar-refractivity contribution in [2.45, 2.75) is 24.9 Å². The maximum absolute atomic E-state index is 13.0. The third-order valence-corrected chi connectivity index (χ3v) is 4.48. The SMILES string of the molecule is OC1(CN2CC=C(c3ccc(F)cc3)CC2)CCCNC1. The van der Waals surface area contributed by atoms with Crippen molar-refractivity contribution in [2.75, 3.05) is 32.7 Å². The van der Waals surface area contributed by atoms with E-state index in [1.54, 1.807) is 0 Å². The minimum atomic E-state index is -0.584. The fourth-order valence-electron chi connectivity index (χ4n) is 3.28. The van der Waals surface area contributed by atoms with Crippen molar-refractivity contribution in [1.82, 2.24) is 10.2 Å². The minimum absolute atomic E-state index is 0.191. The second-order valence-corrected chi connectivity index (χ2v) is 6.23. The molecule has 2 heterocycles. The molecule has 21 heavy (non-hydrogen) atoms. The van der Waals surface area contributed by atoms with Gasteiger partial charge in [-0.2, -0.15) is 0 Å². The third kappa shape index (κ3) is 3.70. The predicted octanol–water partition coefficient (Wildman–Crippen LogP) is 2.03. The molecule has 1 atom stereocenters. The first-order valence-corrected chi connectivity index (χ1v) is 7.75. The van der Waals surface area contributed by atoms with Gasteiger partial charge < -0.3 is 10.4 Å². The highest BCUT2D eigenvalue weighted by Gasteiger charge is 2.31. The van der Waals surface area contributed by atoms with Gasteiger partial charge in [-0.25, -0.2) is 4.39 Å². The minimum Gasteiger partial charge on any atom is -0.387 e. The van der Waals surface area contributed by atoms with Gasteiger partial charge in [0.2, 0.25) is 0 Å². The van der Waals surface area contributed by atoms with Crippen LogP contribution in [-0.2, 0) is 0 Å². The van der Waals surface area contributed by atoms with E-state index in [0.29, 0.717) is 6.54 Å². The zero-order chi connectivity index (χ0) is 14.7. The molecule has 1 fully saturated rings. The second-order valence-electron chi connectivity index (χ2n) is 6.23. The topological polar surface area (TPSA) is 35.5 Å². The van der Waals surface area contributed by atoms with E-state index in [4.69, 9.17) is 0 Å². The lowest BCUT2D eigenvalue weighted by Crippen LogP contribution is -2.53. The summed E-state index contributed by atoms with van der Waals surface area (Å²) >= 11 is 0. The molecule has 0 aromatic heterocycles. The number of nitrogens with zero attached hydrogens (tertiary/aromatic N) is 1. The first-order chi connectivity index (χ1) is 10.1. The van der Waals surface area contributed by atoms with Crippen LogP contribution < -0.4 is 5.32 Å². The lowest BCUT2D eigenvalue weighted by atomic mass is 9.92. The molecular formula is C17H23FN2O. The second kappa shape index (κ2) is 6.26. The maximum atomic E-state index is 13.0. The zero-order valence-corrected chi connectivity index (χ0v) is 12.3. The Hall–Kier alpha value is -1.23. The van der Waals surface area contributed by atoms with Crippen molar-refractivity contribution < 1.29 is 9.50 Å². The van der Waals surface area contributed by atoms with Crippen molar-refractivity contribution in [1.29, 1.82) is 0 Å². The summed E-state index contributed by atoms with van der Waals surface area (Å²) < 4.78 is 13.0. The van der Waals surface area contributed by atoms with Crippen molar-refractivity contribution >= 4 is 5.57 Å². The van der Waals surface area contributed by atoms with Crippen LogP contribution in [0.1, 0.15) is 24.8 Å². The molecule has 0 aliphatic carbocycles. The molecular weight excluding hydrogens is 267 g/mol. The van der Waals surface area contributed by atoms with E-state index < -0.39 is 5.60 Å². The van der Waals surface area contributed by atoms with Gasteiger partial charge in [0.05, 0.1) is 5.60 Å². The molecule has 3 rings (SSSR count).